The Bertz CT molecular complexity index is 720. The fraction of sp³-hybridized carbons (Fsp3) is 0.125. The molecule has 0 aliphatic heterocycles. The van der Waals surface area contributed by atoms with Gasteiger partial charge in [-0.15, -0.1) is 11.3 Å². The molecular weight excluding hydrogens is 266 g/mol. The summed E-state index contributed by atoms with van der Waals surface area (Å²) in [5, 5.41) is 16.4. The lowest BCUT2D eigenvalue weighted by molar-refractivity contribution is -0.387. The fourth-order valence-electron chi connectivity index (χ4n) is 1.43. The molecule has 0 aliphatic carbocycles. The number of nitro groups is 1. The summed E-state index contributed by atoms with van der Waals surface area (Å²) < 4.78 is 23.1. The van der Waals surface area contributed by atoms with Gasteiger partial charge in [-0.3, -0.25) is 10.1 Å². The summed E-state index contributed by atoms with van der Waals surface area (Å²) in [5.41, 5.74) is -0.134. The molecule has 1 heterocycles. The lowest BCUT2D eigenvalue weighted by Crippen LogP contribution is -2.14. The monoisotopic (exact) mass is 273 g/mol. The van der Waals surface area contributed by atoms with Crippen molar-refractivity contribution in [3.63, 3.8) is 0 Å². The Morgan fingerprint density at radius 3 is 2.65 bits per heavy atom. The van der Waals surface area contributed by atoms with E-state index in [9.17, 15) is 18.5 Å². The highest BCUT2D eigenvalue weighted by molar-refractivity contribution is 7.89. The van der Waals surface area contributed by atoms with Crippen LogP contribution in [0.5, 0.6) is 0 Å². The number of nitrogens with two attached hydrogens (primary N) is 1. The van der Waals surface area contributed by atoms with Gasteiger partial charge in [0.1, 0.15) is 0 Å². The molecule has 17 heavy (non-hydrogen) atoms. The van der Waals surface area contributed by atoms with Crippen LogP contribution >= 0.6 is 11.3 Å². The Hall–Kier alpha value is -1.58. The second kappa shape index (κ2) is 3.72. The van der Waals surface area contributed by atoms with E-state index in [-0.39, 0.29) is 0 Å². The van der Waals surface area contributed by atoms with Crippen molar-refractivity contribution in [2.24, 2.45) is 5.14 Å². The first-order valence-electron chi connectivity index (χ1n) is 4.37. The average molecular weight is 273 g/mol. The smallest absolute Gasteiger partial charge is 0.258 e. The zero-order valence-corrected chi connectivity index (χ0v) is 10.2. The Morgan fingerprint density at radius 2 is 2.12 bits per heavy atom. The Balaban J connectivity index is 2.89. The minimum Gasteiger partial charge on any atom is -0.258 e. The van der Waals surface area contributed by atoms with Gasteiger partial charge in [-0.1, -0.05) is 0 Å². The van der Waals surface area contributed by atoms with Gasteiger partial charge in [-0.05, 0) is 13.0 Å². The van der Waals surface area contributed by atoms with Crippen molar-refractivity contribution in [2.45, 2.75) is 11.8 Å². The van der Waals surface area contributed by atoms with Crippen LogP contribution in [0.25, 0.3) is 10.2 Å². The molecule has 0 saturated heterocycles. The molecule has 1 aromatic carbocycles. The van der Waals surface area contributed by atoms with Gasteiger partial charge in [-0.25, -0.2) is 18.5 Å². The van der Waals surface area contributed by atoms with Gasteiger partial charge < -0.3 is 0 Å². The van der Waals surface area contributed by atoms with Crippen LogP contribution in [0.15, 0.2) is 17.0 Å². The van der Waals surface area contributed by atoms with Crippen LogP contribution in [0, 0.1) is 17.0 Å². The Morgan fingerprint density at radius 1 is 1.47 bits per heavy atom. The summed E-state index contributed by atoms with van der Waals surface area (Å²) in [6.07, 6.45) is 0. The maximum atomic E-state index is 11.3. The maximum absolute atomic E-state index is 11.3. The Labute approximate surface area is 100 Å². The predicted octanol–water partition coefficient (Wildman–Crippen LogP) is 1.16. The van der Waals surface area contributed by atoms with Gasteiger partial charge in [0.05, 0.1) is 20.1 Å². The number of rotatable bonds is 2. The van der Waals surface area contributed by atoms with E-state index in [4.69, 9.17) is 5.14 Å². The molecule has 0 aliphatic rings. The standard InChI is InChI=1S/C8H7N3O4S2/c1-4-10-5-2-8(17(9,14)15)6(11(12)13)3-7(5)16-4/h2-3H,1H3,(H2,9,14,15). The number of fused-ring (bicyclic) bond motifs is 1. The minimum absolute atomic E-state index is 0.391. The van der Waals surface area contributed by atoms with Crippen molar-refractivity contribution in [3.05, 3.63) is 27.3 Å². The molecule has 0 spiro atoms. The van der Waals surface area contributed by atoms with Gasteiger partial charge in [0, 0.05) is 6.07 Å². The number of hydrogen-bond donors (Lipinski definition) is 1. The highest BCUT2D eigenvalue weighted by Crippen LogP contribution is 2.31. The fourth-order valence-corrected chi connectivity index (χ4v) is 2.97. The van der Waals surface area contributed by atoms with Gasteiger partial charge in [0.15, 0.2) is 4.90 Å². The number of aromatic nitrogens is 1. The van der Waals surface area contributed by atoms with Crippen molar-refractivity contribution in [1.29, 1.82) is 0 Å². The van der Waals surface area contributed by atoms with E-state index in [1.807, 2.05) is 0 Å². The number of thiazole rings is 1. The molecule has 2 rings (SSSR count). The molecule has 2 aromatic rings. The molecular formula is C8H7N3O4S2. The van der Waals surface area contributed by atoms with Gasteiger partial charge in [0.2, 0.25) is 10.0 Å². The molecule has 0 saturated carbocycles. The summed E-state index contributed by atoms with van der Waals surface area (Å²) in [5.74, 6) is 0. The molecule has 9 heteroatoms. The van der Waals surface area contributed by atoms with Crippen LogP contribution in [0.4, 0.5) is 5.69 Å². The van der Waals surface area contributed by atoms with Gasteiger partial charge in [-0.2, -0.15) is 0 Å². The maximum Gasteiger partial charge on any atom is 0.290 e. The van der Waals surface area contributed by atoms with Crippen molar-refractivity contribution in [1.82, 2.24) is 4.98 Å². The third-order valence-electron chi connectivity index (χ3n) is 2.08. The molecule has 0 atom stereocenters. The number of sulfonamides is 1. The van der Waals surface area contributed by atoms with Crippen LogP contribution in [-0.4, -0.2) is 18.3 Å². The molecule has 0 bridgehead atoms. The second-order valence-corrected chi connectivity index (χ2v) is 6.09. The third kappa shape index (κ3) is 2.12. The molecule has 0 radical (unpaired) electrons. The van der Waals surface area contributed by atoms with Crippen LogP contribution in [0.2, 0.25) is 0 Å². The van der Waals surface area contributed by atoms with Crippen molar-refractivity contribution in [3.8, 4) is 0 Å². The van der Waals surface area contributed by atoms with E-state index in [0.717, 1.165) is 6.07 Å². The number of benzene rings is 1. The lowest BCUT2D eigenvalue weighted by Gasteiger charge is -1.99. The molecule has 90 valence electrons. The molecule has 0 unspecified atom stereocenters. The summed E-state index contributed by atoms with van der Waals surface area (Å²) in [7, 11) is -4.14. The number of hydrogen-bond acceptors (Lipinski definition) is 6. The number of aryl methyl sites for hydroxylation is 1. The summed E-state index contributed by atoms with van der Waals surface area (Å²) in [6, 6.07) is 2.31. The second-order valence-electron chi connectivity index (χ2n) is 3.32. The Kier molecular flexibility index (Phi) is 2.60. The average Bonchev–Trinajstić information content (AvgIpc) is 2.53. The number of nitrogens with zero attached hydrogens (tertiary/aromatic N) is 2. The SMILES string of the molecule is Cc1nc2cc(S(N)(=O)=O)c([N+](=O)[O-])cc2s1. The van der Waals surface area contributed by atoms with Crippen LogP contribution in [-0.2, 0) is 10.0 Å². The summed E-state index contributed by atoms with van der Waals surface area (Å²) in [4.78, 5) is 13.6. The normalized spacial score (nSPS) is 11.9. The van der Waals surface area contributed by atoms with E-state index < -0.39 is 25.5 Å². The van der Waals surface area contributed by atoms with Crippen LogP contribution in [0.1, 0.15) is 5.01 Å². The highest BCUT2D eigenvalue weighted by atomic mass is 32.2. The zero-order chi connectivity index (χ0) is 12.8. The first-order chi connectivity index (χ1) is 7.79. The zero-order valence-electron chi connectivity index (χ0n) is 8.58. The molecule has 7 nitrogen and oxygen atoms in total. The first kappa shape index (κ1) is 11.9. The van der Waals surface area contributed by atoms with Crippen molar-refractivity contribution >= 4 is 37.3 Å². The largest absolute Gasteiger partial charge is 0.290 e. The van der Waals surface area contributed by atoms with Crippen LogP contribution < -0.4 is 5.14 Å². The summed E-state index contributed by atoms with van der Waals surface area (Å²) in [6.45, 7) is 1.73. The van der Waals surface area contributed by atoms with Crippen molar-refractivity contribution in [2.75, 3.05) is 0 Å². The van der Waals surface area contributed by atoms with E-state index in [0.29, 0.717) is 15.2 Å². The molecule has 1 aromatic heterocycles. The predicted molar refractivity (Wildman–Crippen MR) is 62.4 cm³/mol. The number of primary sulfonamides is 1. The highest BCUT2D eigenvalue weighted by Gasteiger charge is 2.24. The van der Waals surface area contributed by atoms with Crippen molar-refractivity contribution < 1.29 is 13.3 Å². The minimum atomic E-state index is -4.14. The van der Waals surface area contributed by atoms with Crippen LogP contribution in [0.3, 0.4) is 0 Å². The van der Waals surface area contributed by atoms with Gasteiger partial charge >= 0.3 is 0 Å². The first-order valence-corrected chi connectivity index (χ1v) is 6.73. The molecule has 2 N–H and O–H groups in total. The number of nitro benzene ring substituents is 1. The lowest BCUT2D eigenvalue weighted by atomic mass is 10.3. The topological polar surface area (TPSA) is 116 Å². The quantitative estimate of drug-likeness (QED) is 0.651. The van der Waals surface area contributed by atoms with E-state index in [1.165, 1.54) is 17.4 Å². The van der Waals surface area contributed by atoms with E-state index in [2.05, 4.69) is 4.98 Å². The third-order valence-corrected chi connectivity index (χ3v) is 3.95. The van der Waals surface area contributed by atoms with E-state index >= 15 is 0 Å². The van der Waals surface area contributed by atoms with E-state index in [1.54, 1.807) is 6.92 Å². The summed E-state index contributed by atoms with van der Waals surface area (Å²) >= 11 is 1.25. The molecule has 0 amide bonds. The molecule has 0 fully saturated rings. The van der Waals surface area contributed by atoms with Gasteiger partial charge in [0.25, 0.3) is 5.69 Å².